The molecule has 1 aliphatic heterocycles. The van der Waals surface area contributed by atoms with Crippen LogP contribution >= 0.6 is 0 Å². The minimum Gasteiger partial charge on any atom is -0.491 e. The zero-order valence-electron chi connectivity index (χ0n) is 10.2. The monoisotopic (exact) mass is 238 g/mol. The summed E-state index contributed by atoms with van der Waals surface area (Å²) in [6.45, 7) is 5.80. The first-order valence-corrected chi connectivity index (χ1v) is 6.06. The van der Waals surface area contributed by atoms with Gasteiger partial charge in [0.15, 0.2) is 0 Å². The van der Waals surface area contributed by atoms with E-state index in [1.54, 1.807) is 0 Å². The van der Waals surface area contributed by atoms with Crippen LogP contribution in [0, 0.1) is 6.92 Å². The third kappa shape index (κ3) is 3.09. The number of alkyl halides is 1. The third-order valence-electron chi connectivity index (χ3n) is 2.98. The lowest BCUT2D eigenvalue weighted by atomic mass is 10.1. The smallest absolute Gasteiger partial charge is 0.123 e. The Labute approximate surface area is 102 Å². The average molecular weight is 238 g/mol. The molecule has 0 saturated carbocycles. The number of nitrogens with one attached hydrogen (secondary N) is 1. The summed E-state index contributed by atoms with van der Waals surface area (Å²) in [6.07, 6.45) is 0. The van der Waals surface area contributed by atoms with Gasteiger partial charge in [0.05, 0.1) is 0 Å². The van der Waals surface area contributed by atoms with Crippen molar-refractivity contribution in [3.8, 4) is 5.75 Å². The molecule has 1 fully saturated rings. The Balaban J connectivity index is 2.06. The Kier molecular flexibility index (Phi) is 4.20. The topological polar surface area (TPSA) is 24.5 Å². The zero-order chi connectivity index (χ0) is 12.1. The molecular formula is C13H19FN2O. The van der Waals surface area contributed by atoms with Crippen LogP contribution in [0.4, 0.5) is 10.1 Å². The lowest BCUT2D eigenvalue weighted by Crippen LogP contribution is -2.43. The molecule has 17 heavy (non-hydrogen) atoms. The van der Waals surface area contributed by atoms with Crippen LogP contribution in [0.15, 0.2) is 18.2 Å². The van der Waals surface area contributed by atoms with Crippen molar-refractivity contribution >= 4 is 5.69 Å². The minimum absolute atomic E-state index is 0.133. The molecule has 0 amide bonds. The molecule has 1 N–H and O–H groups in total. The van der Waals surface area contributed by atoms with E-state index >= 15 is 0 Å². The van der Waals surface area contributed by atoms with Gasteiger partial charge in [0.1, 0.15) is 19.0 Å². The van der Waals surface area contributed by atoms with E-state index in [0.29, 0.717) is 0 Å². The minimum atomic E-state index is -0.445. The standard InChI is InChI=1S/C13H19FN2O/c1-11-10-12(16-7-5-15-6-8-16)2-3-13(11)17-9-4-14/h2-3,10,15H,4-9H2,1H3. The molecule has 1 aromatic carbocycles. The summed E-state index contributed by atoms with van der Waals surface area (Å²) < 4.78 is 17.4. The molecule has 1 saturated heterocycles. The molecule has 2 rings (SSSR count). The first-order valence-electron chi connectivity index (χ1n) is 6.06. The lowest BCUT2D eigenvalue weighted by Gasteiger charge is -2.29. The highest BCUT2D eigenvalue weighted by Gasteiger charge is 2.11. The van der Waals surface area contributed by atoms with E-state index in [0.717, 1.165) is 37.5 Å². The van der Waals surface area contributed by atoms with Gasteiger partial charge < -0.3 is 15.0 Å². The van der Waals surface area contributed by atoms with Gasteiger partial charge in [0.2, 0.25) is 0 Å². The summed E-state index contributed by atoms with van der Waals surface area (Å²) in [4.78, 5) is 2.35. The van der Waals surface area contributed by atoms with Gasteiger partial charge in [-0.2, -0.15) is 0 Å². The average Bonchev–Trinajstić information content (AvgIpc) is 2.38. The lowest BCUT2D eigenvalue weighted by molar-refractivity contribution is 0.272. The van der Waals surface area contributed by atoms with Gasteiger partial charge in [-0.3, -0.25) is 0 Å². The predicted octanol–water partition coefficient (Wildman–Crippen LogP) is 1.75. The van der Waals surface area contributed by atoms with Crippen LogP contribution in [0.3, 0.4) is 0 Å². The maximum absolute atomic E-state index is 12.0. The summed E-state index contributed by atoms with van der Waals surface area (Å²) in [6, 6.07) is 6.09. The van der Waals surface area contributed by atoms with Gasteiger partial charge in [-0.25, -0.2) is 4.39 Å². The van der Waals surface area contributed by atoms with Crippen molar-refractivity contribution in [3.63, 3.8) is 0 Å². The molecule has 0 radical (unpaired) electrons. The number of hydrogen-bond acceptors (Lipinski definition) is 3. The number of benzene rings is 1. The second kappa shape index (κ2) is 5.87. The van der Waals surface area contributed by atoms with Crippen molar-refractivity contribution in [2.75, 3.05) is 44.4 Å². The van der Waals surface area contributed by atoms with Crippen molar-refractivity contribution < 1.29 is 9.13 Å². The first-order chi connectivity index (χ1) is 8.31. The Morgan fingerprint density at radius 2 is 2.12 bits per heavy atom. The molecule has 1 aromatic rings. The Hall–Kier alpha value is -1.29. The molecule has 0 unspecified atom stereocenters. The van der Waals surface area contributed by atoms with Gasteiger partial charge >= 0.3 is 0 Å². The largest absolute Gasteiger partial charge is 0.491 e. The molecule has 0 spiro atoms. The summed E-state index contributed by atoms with van der Waals surface area (Å²) in [5.41, 5.74) is 2.28. The second-order valence-electron chi connectivity index (χ2n) is 4.22. The van der Waals surface area contributed by atoms with E-state index in [9.17, 15) is 4.39 Å². The predicted molar refractivity (Wildman–Crippen MR) is 67.7 cm³/mol. The van der Waals surface area contributed by atoms with Crippen LogP contribution in [0.2, 0.25) is 0 Å². The van der Waals surface area contributed by atoms with Crippen molar-refractivity contribution in [1.29, 1.82) is 0 Å². The van der Waals surface area contributed by atoms with Crippen molar-refractivity contribution in [1.82, 2.24) is 5.32 Å². The fourth-order valence-electron chi connectivity index (χ4n) is 2.06. The Bertz CT molecular complexity index is 364. The maximum atomic E-state index is 12.0. The summed E-state index contributed by atoms with van der Waals surface area (Å²) in [5, 5.41) is 3.33. The number of nitrogens with zero attached hydrogens (tertiary/aromatic N) is 1. The van der Waals surface area contributed by atoms with Crippen molar-refractivity contribution in [2.24, 2.45) is 0 Å². The molecule has 4 heteroatoms. The fourth-order valence-corrected chi connectivity index (χ4v) is 2.06. The van der Waals surface area contributed by atoms with Crippen LogP contribution in [0.1, 0.15) is 5.56 Å². The molecule has 0 aromatic heterocycles. The molecule has 0 bridgehead atoms. The van der Waals surface area contributed by atoms with E-state index in [4.69, 9.17) is 4.74 Å². The fraction of sp³-hybridized carbons (Fsp3) is 0.538. The number of aryl methyl sites for hydroxylation is 1. The number of ether oxygens (including phenoxy) is 1. The van der Waals surface area contributed by atoms with Crippen LogP contribution in [-0.4, -0.2) is 39.5 Å². The Morgan fingerprint density at radius 3 is 2.76 bits per heavy atom. The summed E-state index contributed by atoms with van der Waals surface area (Å²) in [7, 11) is 0. The van der Waals surface area contributed by atoms with E-state index < -0.39 is 6.67 Å². The normalized spacial score (nSPS) is 16.0. The number of halogens is 1. The highest BCUT2D eigenvalue weighted by Crippen LogP contribution is 2.24. The molecule has 94 valence electrons. The highest BCUT2D eigenvalue weighted by atomic mass is 19.1. The SMILES string of the molecule is Cc1cc(N2CCNCC2)ccc1OCCF. The van der Waals surface area contributed by atoms with Crippen molar-refractivity contribution in [2.45, 2.75) is 6.92 Å². The van der Waals surface area contributed by atoms with Crippen LogP contribution in [-0.2, 0) is 0 Å². The number of piperazine rings is 1. The highest BCUT2D eigenvalue weighted by molar-refractivity contribution is 5.53. The third-order valence-corrected chi connectivity index (χ3v) is 2.98. The van der Waals surface area contributed by atoms with E-state index in [1.807, 2.05) is 19.1 Å². The summed E-state index contributed by atoms with van der Waals surface area (Å²) >= 11 is 0. The van der Waals surface area contributed by atoms with Gasteiger partial charge in [0.25, 0.3) is 0 Å². The zero-order valence-corrected chi connectivity index (χ0v) is 10.2. The van der Waals surface area contributed by atoms with E-state index in [-0.39, 0.29) is 6.61 Å². The van der Waals surface area contributed by atoms with E-state index in [2.05, 4.69) is 16.3 Å². The molecule has 1 heterocycles. The van der Waals surface area contributed by atoms with Gasteiger partial charge in [-0.15, -0.1) is 0 Å². The van der Waals surface area contributed by atoms with Crippen LogP contribution < -0.4 is 15.0 Å². The maximum Gasteiger partial charge on any atom is 0.123 e. The van der Waals surface area contributed by atoms with Crippen LogP contribution in [0.5, 0.6) is 5.75 Å². The number of hydrogen-bond donors (Lipinski definition) is 1. The molecule has 1 aliphatic rings. The quantitative estimate of drug-likeness (QED) is 0.865. The van der Waals surface area contributed by atoms with E-state index in [1.165, 1.54) is 5.69 Å². The van der Waals surface area contributed by atoms with Crippen LogP contribution in [0.25, 0.3) is 0 Å². The molecule has 0 atom stereocenters. The molecular weight excluding hydrogens is 219 g/mol. The van der Waals surface area contributed by atoms with Crippen molar-refractivity contribution in [3.05, 3.63) is 23.8 Å². The van der Waals surface area contributed by atoms with Gasteiger partial charge in [-0.1, -0.05) is 0 Å². The molecule has 3 nitrogen and oxygen atoms in total. The first kappa shape index (κ1) is 12.2. The Morgan fingerprint density at radius 1 is 1.35 bits per heavy atom. The van der Waals surface area contributed by atoms with Gasteiger partial charge in [-0.05, 0) is 30.7 Å². The number of anilines is 1. The summed E-state index contributed by atoms with van der Waals surface area (Å²) in [5.74, 6) is 0.779. The molecule has 0 aliphatic carbocycles. The van der Waals surface area contributed by atoms with Gasteiger partial charge in [0, 0.05) is 31.9 Å². The second-order valence-corrected chi connectivity index (χ2v) is 4.22. The number of rotatable bonds is 4.